The molecule has 1 saturated heterocycles. The highest BCUT2D eigenvalue weighted by Crippen LogP contribution is 1.88. The normalized spacial score (nSPS) is 28.2. The Balaban J connectivity index is 2.35. The number of rotatable bonds is 1. The Labute approximate surface area is 46.2 Å². The first-order chi connectivity index (χ1) is 3.80. The van der Waals surface area contributed by atoms with Gasteiger partial charge in [0.2, 0.25) is 0 Å². The van der Waals surface area contributed by atoms with E-state index in [9.17, 15) is 10.1 Å². The van der Waals surface area contributed by atoms with E-state index in [4.69, 9.17) is 0 Å². The lowest BCUT2D eigenvalue weighted by Crippen LogP contribution is -2.27. The zero-order valence-electron chi connectivity index (χ0n) is 4.20. The van der Waals surface area contributed by atoms with Gasteiger partial charge in [-0.25, -0.2) is 0 Å². The van der Waals surface area contributed by atoms with Crippen molar-refractivity contribution in [1.29, 1.82) is 0 Å². The first kappa shape index (κ1) is 5.46. The third-order valence-corrected chi connectivity index (χ3v) is 0.984. The second-order valence-electron chi connectivity index (χ2n) is 1.56. The van der Waals surface area contributed by atoms with Crippen molar-refractivity contribution in [3.63, 3.8) is 0 Å². The molecule has 1 unspecified atom stereocenters. The minimum Gasteiger partial charge on any atom is -0.295 e. The van der Waals surface area contributed by atoms with E-state index < -0.39 is 6.17 Å². The third kappa shape index (κ3) is 0.932. The second kappa shape index (κ2) is 2.06. The van der Waals surface area contributed by atoms with Crippen molar-refractivity contribution in [3.05, 3.63) is 10.1 Å². The van der Waals surface area contributed by atoms with Crippen LogP contribution in [0.15, 0.2) is 0 Å². The molecule has 0 aliphatic carbocycles. The highest BCUT2D eigenvalue weighted by Gasteiger charge is 2.24. The summed E-state index contributed by atoms with van der Waals surface area (Å²) in [7, 11) is 0. The van der Waals surface area contributed by atoms with Crippen molar-refractivity contribution in [1.82, 2.24) is 10.6 Å². The topological polar surface area (TPSA) is 69.3 Å². The molecule has 1 rings (SSSR count). The van der Waals surface area contributed by atoms with Gasteiger partial charge in [-0.1, -0.05) is 0 Å². The minimum absolute atomic E-state index is 0.382. The van der Waals surface area contributed by atoms with Crippen LogP contribution in [-0.4, -0.2) is 24.3 Å². The number of hydrogen-bond donors (Lipinski definition) is 1. The highest BCUT2D eigenvalue weighted by atomic mass is 16.6. The summed E-state index contributed by atoms with van der Waals surface area (Å²) in [5, 5.41) is 16.2. The van der Waals surface area contributed by atoms with Crippen molar-refractivity contribution in [2.24, 2.45) is 0 Å². The molecule has 1 heterocycles. The van der Waals surface area contributed by atoms with Gasteiger partial charge < -0.3 is 0 Å². The molecule has 45 valence electrons. The van der Waals surface area contributed by atoms with Gasteiger partial charge in [0.05, 0.1) is 13.2 Å². The van der Waals surface area contributed by atoms with E-state index in [1.165, 1.54) is 0 Å². The molecule has 5 heteroatoms. The summed E-state index contributed by atoms with van der Waals surface area (Å²) < 4.78 is 0. The standard InChI is InChI=1S/C3H6N3O2/c7-6(8)3-1-4-2-5-3/h3-4H,1-2H2. The Morgan fingerprint density at radius 1 is 1.88 bits per heavy atom. The van der Waals surface area contributed by atoms with Crippen LogP contribution in [0.3, 0.4) is 0 Å². The molecule has 1 radical (unpaired) electrons. The molecular weight excluding hydrogens is 110 g/mol. The van der Waals surface area contributed by atoms with Gasteiger partial charge in [-0.2, -0.15) is 5.32 Å². The predicted molar refractivity (Wildman–Crippen MR) is 25.8 cm³/mol. The molecule has 0 amide bonds. The monoisotopic (exact) mass is 116 g/mol. The van der Waals surface area contributed by atoms with Crippen LogP contribution < -0.4 is 10.6 Å². The number of nitro groups is 1. The van der Waals surface area contributed by atoms with E-state index in [-0.39, 0.29) is 4.92 Å². The Morgan fingerprint density at radius 2 is 2.62 bits per heavy atom. The summed E-state index contributed by atoms with van der Waals surface area (Å²) in [6, 6.07) is 0. The Bertz CT molecular complexity index is 98.7. The average Bonchev–Trinajstić information content (AvgIpc) is 2.12. The van der Waals surface area contributed by atoms with E-state index >= 15 is 0 Å². The summed E-state index contributed by atoms with van der Waals surface area (Å²) in [6.45, 7) is 0.804. The van der Waals surface area contributed by atoms with Crippen molar-refractivity contribution in [2.45, 2.75) is 6.17 Å². The first-order valence-corrected chi connectivity index (χ1v) is 2.31. The molecule has 1 aliphatic heterocycles. The summed E-state index contributed by atoms with van der Waals surface area (Å²) in [6.07, 6.45) is -0.699. The molecule has 0 aromatic carbocycles. The lowest BCUT2D eigenvalue weighted by molar-refractivity contribution is -0.523. The molecule has 0 aromatic heterocycles. The van der Waals surface area contributed by atoms with E-state index in [1.54, 1.807) is 0 Å². The molecule has 0 aromatic rings. The second-order valence-corrected chi connectivity index (χ2v) is 1.56. The Kier molecular flexibility index (Phi) is 1.40. The molecule has 1 fully saturated rings. The van der Waals surface area contributed by atoms with E-state index in [1.807, 2.05) is 0 Å². The molecule has 1 N–H and O–H groups in total. The van der Waals surface area contributed by atoms with Crippen LogP contribution in [-0.2, 0) is 0 Å². The van der Waals surface area contributed by atoms with Gasteiger partial charge in [-0.3, -0.25) is 15.4 Å². The molecule has 0 saturated carbocycles. The van der Waals surface area contributed by atoms with E-state index in [2.05, 4.69) is 10.6 Å². The van der Waals surface area contributed by atoms with E-state index in [0.29, 0.717) is 13.2 Å². The SMILES string of the molecule is O=[N+]([O-])C1CNC[N]1. The fraction of sp³-hybridized carbons (Fsp3) is 1.00. The van der Waals surface area contributed by atoms with E-state index in [0.717, 1.165) is 0 Å². The fourth-order valence-corrected chi connectivity index (χ4v) is 0.569. The van der Waals surface area contributed by atoms with Gasteiger partial charge >= 0.3 is 0 Å². The van der Waals surface area contributed by atoms with Gasteiger partial charge in [-0.05, 0) is 0 Å². The molecule has 1 aliphatic rings. The van der Waals surface area contributed by atoms with Gasteiger partial charge in [0.1, 0.15) is 0 Å². The molecule has 1 atom stereocenters. The van der Waals surface area contributed by atoms with Gasteiger partial charge in [-0.15, -0.1) is 0 Å². The molecule has 8 heavy (non-hydrogen) atoms. The van der Waals surface area contributed by atoms with Crippen molar-refractivity contribution in [2.75, 3.05) is 13.2 Å². The zero-order chi connectivity index (χ0) is 5.98. The maximum atomic E-state index is 9.87. The van der Waals surface area contributed by atoms with Crippen LogP contribution in [0.5, 0.6) is 0 Å². The smallest absolute Gasteiger partial charge is 0.294 e. The van der Waals surface area contributed by atoms with Crippen LogP contribution in [0, 0.1) is 10.1 Å². The van der Waals surface area contributed by atoms with Gasteiger partial charge in [0, 0.05) is 4.92 Å². The minimum atomic E-state index is -0.699. The lowest BCUT2D eigenvalue weighted by atomic mass is 10.6. The van der Waals surface area contributed by atoms with Crippen LogP contribution in [0.1, 0.15) is 0 Å². The summed E-state index contributed by atoms with van der Waals surface area (Å²) in [5.74, 6) is 0. The maximum Gasteiger partial charge on any atom is 0.294 e. The van der Waals surface area contributed by atoms with Gasteiger partial charge in [0.25, 0.3) is 6.17 Å². The molecule has 0 bridgehead atoms. The van der Waals surface area contributed by atoms with Crippen LogP contribution in [0.4, 0.5) is 0 Å². The molecule has 5 nitrogen and oxygen atoms in total. The predicted octanol–water partition coefficient (Wildman–Crippen LogP) is -1.25. The third-order valence-electron chi connectivity index (χ3n) is 0.984. The molecular formula is C3H6N3O2. The summed E-state index contributed by atoms with van der Waals surface area (Å²) in [4.78, 5) is 9.48. The van der Waals surface area contributed by atoms with Crippen molar-refractivity contribution >= 4 is 0 Å². The Hall–Kier alpha value is -0.680. The highest BCUT2D eigenvalue weighted by molar-refractivity contribution is 4.63. The molecule has 0 spiro atoms. The maximum absolute atomic E-state index is 9.87. The van der Waals surface area contributed by atoms with Crippen molar-refractivity contribution < 1.29 is 4.92 Å². The average molecular weight is 116 g/mol. The van der Waals surface area contributed by atoms with Crippen LogP contribution in [0.2, 0.25) is 0 Å². The summed E-state index contributed by atoms with van der Waals surface area (Å²) >= 11 is 0. The van der Waals surface area contributed by atoms with Gasteiger partial charge in [0.15, 0.2) is 0 Å². The van der Waals surface area contributed by atoms with Crippen LogP contribution in [0.25, 0.3) is 0 Å². The fourth-order valence-electron chi connectivity index (χ4n) is 0.569. The van der Waals surface area contributed by atoms with Crippen LogP contribution >= 0.6 is 0 Å². The largest absolute Gasteiger partial charge is 0.295 e. The zero-order valence-corrected chi connectivity index (χ0v) is 4.20. The Morgan fingerprint density at radius 3 is 2.88 bits per heavy atom. The first-order valence-electron chi connectivity index (χ1n) is 2.31. The number of nitrogens with one attached hydrogen (secondary N) is 1. The van der Waals surface area contributed by atoms with Crippen molar-refractivity contribution in [3.8, 4) is 0 Å². The quantitative estimate of drug-likeness (QED) is 0.344. The number of nitrogens with zero attached hydrogens (tertiary/aromatic N) is 2. The number of hydrogen-bond acceptors (Lipinski definition) is 3. The summed E-state index contributed by atoms with van der Waals surface area (Å²) in [5.41, 5.74) is 0. The lowest BCUT2D eigenvalue weighted by Gasteiger charge is -1.93.